The summed E-state index contributed by atoms with van der Waals surface area (Å²) in [5.74, 6) is 1.18. The summed E-state index contributed by atoms with van der Waals surface area (Å²) in [5, 5.41) is 2.95. The Bertz CT molecular complexity index is 462. The summed E-state index contributed by atoms with van der Waals surface area (Å²) in [6.45, 7) is 4.91. The SMILES string of the molecule is CC(Cl)CC(C)NC(=O)c1ccc2c(c1)OCCO2. The lowest BCUT2D eigenvalue weighted by molar-refractivity contribution is 0.0937. The summed E-state index contributed by atoms with van der Waals surface area (Å²) in [6.07, 6.45) is 0.734. The molecule has 2 unspecified atom stereocenters. The Morgan fingerprint density at radius 2 is 2.00 bits per heavy atom. The first kappa shape index (κ1) is 14.0. The summed E-state index contributed by atoms with van der Waals surface area (Å²) in [4.78, 5) is 12.1. The molecule has 0 saturated heterocycles. The highest BCUT2D eigenvalue weighted by Gasteiger charge is 2.16. The Morgan fingerprint density at radius 3 is 2.68 bits per heavy atom. The van der Waals surface area contributed by atoms with Crippen LogP contribution in [-0.4, -0.2) is 30.5 Å². The number of fused-ring (bicyclic) bond motifs is 1. The lowest BCUT2D eigenvalue weighted by Gasteiger charge is -2.19. The monoisotopic (exact) mass is 283 g/mol. The number of carbonyl (C=O) groups excluding carboxylic acids is 1. The maximum Gasteiger partial charge on any atom is 0.251 e. The molecule has 0 radical (unpaired) electrons. The predicted octanol–water partition coefficient (Wildman–Crippen LogP) is 2.59. The molecule has 104 valence electrons. The number of carbonyl (C=O) groups is 1. The van der Waals surface area contributed by atoms with Gasteiger partial charge in [-0.25, -0.2) is 0 Å². The van der Waals surface area contributed by atoms with Crippen LogP contribution in [0.3, 0.4) is 0 Å². The van der Waals surface area contributed by atoms with Crippen LogP contribution in [0.2, 0.25) is 0 Å². The average molecular weight is 284 g/mol. The Kier molecular flexibility index (Phi) is 4.53. The number of halogens is 1. The van der Waals surface area contributed by atoms with Crippen LogP contribution in [0.15, 0.2) is 18.2 Å². The number of amides is 1. The van der Waals surface area contributed by atoms with Gasteiger partial charge in [0.05, 0.1) is 0 Å². The summed E-state index contributed by atoms with van der Waals surface area (Å²) in [7, 11) is 0. The number of alkyl halides is 1. The quantitative estimate of drug-likeness (QED) is 0.864. The molecule has 1 heterocycles. The van der Waals surface area contributed by atoms with Gasteiger partial charge in [-0.3, -0.25) is 4.79 Å². The van der Waals surface area contributed by atoms with E-state index in [-0.39, 0.29) is 17.3 Å². The second kappa shape index (κ2) is 6.15. The smallest absolute Gasteiger partial charge is 0.251 e. The predicted molar refractivity (Wildman–Crippen MR) is 74.3 cm³/mol. The van der Waals surface area contributed by atoms with E-state index in [9.17, 15) is 4.79 Å². The van der Waals surface area contributed by atoms with E-state index in [2.05, 4.69) is 5.32 Å². The maximum absolute atomic E-state index is 12.1. The summed E-state index contributed by atoms with van der Waals surface area (Å²) < 4.78 is 10.9. The van der Waals surface area contributed by atoms with Crippen LogP contribution in [0.5, 0.6) is 11.5 Å². The van der Waals surface area contributed by atoms with E-state index in [1.807, 2.05) is 13.8 Å². The van der Waals surface area contributed by atoms with Crippen molar-refractivity contribution < 1.29 is 14.3 Å². The molecule has 0 saturated carbocycles. The molecule has 4 nitrogen and oxygen atoms in total. The van der Waals surface area contributed by atoms with E-state index in [0.29, 0.717) is 30.3 Å². The molecule has 2 rings (SSSR count). The van der Waals surface area contributed by atoms with Crippen molar-refractivity contribution in [1.82, 2.24) is 5.32 Å². The van der Waals surface area contributed by atoms with Gasteiger partial charge in [-0.15, -0.1) is 11.6 Å². The van der Waals surface area contributed by atoms with Crippen molar-refractivity contribution >= 4 is 17.5 Å². The van der Waals surface area contributed by atoms with Crippen molar-refractivity contribution in [1.29, 1.82) is 0 Å². The van der Waals surface area contributed by atoms with Crippen molar-refractivity contribution in [2.24, 2.45) is 0 Å². The van der Waals surface area contributed by atoms with Crippen LogP contribution < -0.4 is 14.8 Å². The van der Waals surface area contributed by atoms with Gasteiger partial charge >= 0.3 is 0 Å². The first-order valence-corrected chi connectivity index (χ1v) is 6.84. The number of rotatable bonds is 4. The van der Waals surface area contributed by atoms with Gasteiger partial charge in [0.1, 0.15) is 13.2 Å². The number of nitrogens with one attached hydrogen (secondary N) is 1. The summed E-state index contributed by atoms with van der Waals surface area (Å²) in [5.41, 5.74) is 0.568. The van der Waals surface area contributed by atoms with Crippen LogP contribution in [0, 0.1) is 0 Å². The van der Waals surface area contributed by atoms with Gasteiger partial charge in [-0.1, -0.05) is 0 Å². The zero-order valence-corrected chi connectivity index (χ0v) is 11.9. The number of ether oxygens (including phenoxy) is 2. The first-order chi connectivity index (χ1) is 9.06. The number of hydrogen-bond donors (Lipinski definition) is 1. The van der Waals surface area contributed by atoms with E-state index < -0.39 is 0 Å². The van der Waals surface area contributed by atoms with Gasteiger partial charge in [-0.05, 0) is 38.5 Å². The van der Waals surface area contributed by atoms with Crippen LogP contribution >= 0.6 is 11.6 Å². The molecule has 1 aromatic carbocycles. The van der Waals surface area contributed by atoms with Crippen molar-refractivity contribution in [3.63, 3.8) is 0 Å². The Labute approximate surface area is 118 Å². The third kappa shape index (κ3) is 3.77. The molecular formula is C14H18ClNO3. The molecule has 0 fully saturated rings. The zero-order chi connectivity index (χ0) is 13.8. The standard InChI is InChI=1S/C14H18ClNO3/c1-9(15)7-10(2)16-14(17)11-3-4-12-13(8-11)19-6-5-18-12/h3-4,8-10H,5-7H2,1-2H3,(H,16,17). The van der Waals surface area contributed by atoms with Crippen LogP contribution in [0.25, 0.3) is 0 Å². The highest BCUT2D eigenvalue weighted by Crippen LogP contribution is 2.30. The summed E-state index contributed by atoms with van der Waals surface area (Å²) >= 11 is 5.91. The second-order valence-electron chi connectivity index (χ2n) is 4.75. The van der Waals surface area contributed by atoms with Crippen molar-refractivity contribution in [3.8, 4) is 11.5 Å². The minimum Gasteiger partial charge on any atom is -0.486 e. The van der Waals surface area contributed by atoms with E-state index in [1.165, 1.54) is 0 Å². The Morgan fingerprint density at radius 1 is 1.32 bits per heavy atom. The Hall–Kier alpha value is -1.42. The maximum atomic E-state index is 12.1. The molecule has 1 amide bonds. The summed E-state index contributed by atoms with van der Waals surface area (Å²) in [6, 6.07) is 5.24. The molecule has 1 N–H and O–H groups in total. The highest BCUT2D eigenvalue weighted by molar-refractivity contribution is 6.20. The van der Waals surface area contributed by atoms with Crippen molar-refractivity contribution in [3.05, 3.63) is 23.8 Å². The molecule has 0 spiro atoms. The number of hydrogen-bond acceptors (Lipinski definition) is 3. The molecule has 1 aliphatic rings. The topological polar surface area (TPSA) is 47.6 Å². The lowest BCUT2D eigenvalue weighted by atomic mass is 10.1. The molecule has 0 bridgehead atoms. The fourth-order valence-corrected chi connectivity index (χ4v) is 2.31. The third-order valence-electron chi connectivity index (χ3n) is 2.86. The van der Waals surface area contributed by atoms with Crippen molar-refractivity contribution in [2.45, 2.75) is 31.7 Å². The fraction of sp³-hybridized carbons (Fsp3) is 0.500. The largest absolute Gasteiger partial charge is 0.486 e. The van der Waals surface area contributed by atoms with E-state index in [4.69, 9.17) is 21.1 Å². The van der Waals surface area contributed by atoms with Gasteiger partial charge < -0.3 is 14.8 Å². The van der Waals surface area contributed by atoms with Crippen LogP contribution in [0.4, 0.5) is 0 Å². The zero-order valence-electron chi connectivity index (χ0n) is 11.1. The molecule has 19 heavy (non-hydrogen) atoms. The van der Waals surface area contributed by atoms with Crippen LogP contribution in [-0.2, 0) is 0 Å². The first-order valence-electron chi connectivity index (χ1n) is 6.41. The van der Waals surface area contributed by atoms with Crippen LogP contribution in [0.1, 0.15) is 30.6 Å². The molecule has 2 atom stereocenters. The average Bonchev–Trinajstić information content (AvgIpc) is 2.37. The molecule has 0 aromatic heterocycles. The Balaban J connectivity index is 2.03. The van der Waals surface area contributed by atoms with E-state index >= 15 is 0 Å². The second-order valence-corrected chi connectivity index (χ2v) is 5.49. The van der Waals surface area contributed by atoms with E-state index in [0.717, 1.165) is 6.42 Å². The normalized spacial score (nSPS) is 16.6. The third-order valence-corrected chi connectivity index (χ3v) is 3.04. The van der Waals surface area contributed by atoms with Gasteiger partial charge in [0.2, 0.25) is 0 Å². The molecular weight excluding hydrogens is 266 g/mol. The fourth-order valence-electron chi connectivity index (χ4n) is 2.04. The lowest BCUT2D eigenvalue weighted by Crippen LogP contribution is -2.34. The number of benzene rings is 1. The minimum atomic E-state index is -0.123. The molecule has 5 heteroatoms. The van der Waals surface area contributed by atoms with Gasteiger partial charge in [0.25, 0.3) is 5.91 Å². The van der Waals surface area contributed by atoms with Gasteiger partial charge in [-0.2, -0.15) is 0 Å². The highest BCUT2D eigenvalue weighted by atomic mass is 35.5. The van der Waals surface area contributed by atoms with Gasteiger partial charge in [0, 0.05) is 17.0 Å². The molecule has 1 aliphatic heterocycles. The van der Waals surface area contributed by atoms with E-state index in [1.54, 1.807) is 18.2 Å². The van der Waals surface area contributed by atoms with Crippen molar-refractivity contribution in [2.75, 3.05) is 13.2 Å². The minimum absolute atomic E-state index is 0.0354. The molecule has 1 aromatic rings. The van der Waals surface area contributed by atoms with Gasteiger partial charge in [0.15, 0.2) is 11.5 Å². The molecule has 0 aliphatic carbocycles.